The van der Waals surface area contributed by atoms with Gasteiger partial charge < -0.3 is 0 Å². The molecule has 0 heteroatoms. The Hall–Kier alpha value is -0.520. The first-order chi connectivity index (χ1) is 5.29. The molecule has 1 fully saturated rings. The molecule has 0 amide bonds. The lowest BCUT2D eigenvalue weighted by atomic mass is 9.81. The van der Waals surface area contributed by atoms with E-state index in [1.54, 1.807) is 11.1 Å². The number of rotatable bonds is 0. The SMILES string of the molecule is CC1=CC=C(C)[C@H]2CCCC12. The van der Waals surface area contributed by atoms with Crippen molar-refractivity contribution < 1.29 is 0 Å². The Labute approximate surface area is 69.0 Å². The van der Waals surface area contributed by atoms with Crippen LogP contribution in [0.25, 0.3) is 0 Å². The van der Waals surface area contributed by atoms with Crippen LogP contribution < -0.4 is 0 Å². The third-order valence-electron chi connectivity index (χ3n) is 3.29. The fraction of sp³-hybridized carbons (Fsp3) is 0.636. The molecular weight excluding hydrogens is 132 g/mol. The Morgan fingerprint density at radius 3 is 1.91 bits per heavy atom. The molecule has 0 saturated heterocycles. The molecule has 11 heavy (non-hydrogen) atoms. The molecule has 0 heterocycles. The van der Waals surface area contributed by atoms with Gasteiger partial charge in [-0.05, 0) is 38.5 Å². The summed E-state index contributed by atoms with van der Waals surface area (Å²) < 4.78 is 0. The van der Waals surface area contributed by atoms with Crippen molar-refractivity contribution in [3.05, 3.63) is 23.3 Å². The molecule has 1 saturated carbocycles. The number of allylic oxidation sites excluding steroid dienone is 4. The second-order valence-electron chi connectivity index (χ2n) is 3.97. The predicted octanol–water partition coefficient (Wildman–Crippen LogP) is 3.31. The molecule has 0 aromatic rings. The van der Waals surface area contributed by atoms with E-state index in [1.165, 1.54) is 19.3 Å². The van der Waals surface area contributed by atoms with Crippen molar-refractivity contribution in [3.63, 3.8) is 0 Å². The summed E-state index contributed by atoms with van der Waals surface area (Å²) in [5.41, 5.74) is 3.22. The molecule has 2 aliphatic carbocycles. The van der Waals surface area contributed by atoms with E-state index in [9.17, 15) is 0 Å². The summed E-state index contributed by atoms with van der Waals surface area (Å²) >= 11 is 0. The summed E-state index contributed by atoms with van der Waals surface area (Å²) in [5.74, 6) is 1.81. The first-order valence-corrected chi connectivity index (χ1v) is 4.64. The number of hydrogen-bond donors (Lipinski definition) is 0. The zero-order valence-corrected chi connectivity index (χ0v) is 7.43. The molecule has 0 aromatic heterocycles. The average molecular weight is 148 g/mol. The second-order valence-corrected chi connectivity index (χ2v) is 3.97. The van der Waals surface area contributed by atoms with Crippen LogP contribution >= 0.6 is 0 Å². The molecule has 0 spiro atoms. The zero-order valence-electron chi connectivity index (χ0n) is 7.43. The lowest BCUT2D eigenvalue weighted by Crippen LogP contribution is -2.13. The Kier molecular flexibility index (Phi) is 1.63. The van der Waals surface area contributed by atoms with Gasteiger partial charge >= 0.3 is 0 Å². The molecule has 2 atom stereocenters. The van der Waals surface area contributed by atoms with E-state index in [4.69, 9.17) is 0 Å². The van der Waals surface area contributed by atoms with Gasteiger partial charge in [-0.1, -0.05) is 29.7 Å². The van der Waals surface area contributed by atoms with Gasteiger partial charge in [-0.3, -0.25) is 0 Å². The Morgan fingerprint density at radius 2 is 1.45 bits per heavy atom. The van der Waals surface area contributed by atoms with Crippen molar-refractivity contribution in [2.75, 3.05) is 0 Å². The van der Waals surface area contributed by atoms with E-state index in [2.05, 4.69) is 26.0 Å². The quantitative estimate of drug-likeness (QED) is 0.494. The average Bonchev–Trinajstić information content (AvgIpc) is 2.45. The Balaban J connectivity index is 2.30. The van der Waals surface area contributed by atoms with Gasteiger partial charge in [0.05, 0.1) is 0 Å². The van der Waals surface area contributed by atoms with E-state index in [0.717, 1.165) is 11.8 Å². The maximum atomic E-state index is 2.31. The second kappa shape index (κ2) is 2.51. The molecule has 60 valence electrons. The number of fused-ring (bicyclic) bond motifs is 1. The summed E-state index contributed by atoms with van der Waals surface area (Å²) in [6.45, 7) is 4.57. The van der Waals surface area contributed by atoms with Crippen LogP contribution in [0, 0.1) is 11.8 Å². The first-order valence-electron chi connectivity index (χ1n) is 4.64. The highest BCUT2D eigenvalue weighted by Gasteiger charge is 2.30. The lowest BCUT2D eigenvalue weighted by molar-refractivity contribution is 0.496. The number of hydrogen-bond acceptors (Lipinski definition) is 0. The van der Waals surface area contributed by atoms with Gasteiger partial charge in [-0.15, -0.1) is 0 Å². The predicted molar refractivity (Wildman–Crippen MR) is 48.3 cm³/mol. The van der Waals surface area contributed by atoms with Gasteiger partial charge in [0, 0.05) is 0 Å². The third-order valence-corrected chi connectivity index (χ3v) is 3.29. The van der Waals surface area contributed by atoms with Crippen LogP contribution in [0.3, 0.4) is 0 Å². The molecule has 0 radical (unpaired) electrons. The first kappa shape index (κ1) is 7.15. The maximum Gasteiger partial charge on any atom is -0.0137 e. The van der Waals surface area contributed by atoms with Gasteiger partial charge in [-0.25, -0.2) is 0 Å². The molecular formula is C11H16. The zero-order chi connectivity index (χ0) is 7.84. The Morgan fingerprint density at radius 1 is 1.00 bits per heavy atom. The van der Waals surface area contributed by atoms with E-state index >= 15 is 0 Å². The standard InChI is InChI=1S/C11H16/c1-8-6-7-9(2)11-5-3-4-10(8)11/h6-7,10-11H,3-5H2,1-2H3/t10-,11?/m1/s1. The van der Waals surface area contributed by atoms with Crippen molar-refractivity contribution in [1.82, 2.24) is 0 Å². The van der Waals surface area contributed by atoms with Gasteiger partial charge in [0.15, 0.2) is 0 Å². The van der Waals surface area contributed by atoms with Crippen molar-refractivity contribution in [3.8, 4) is 0 Å². The maximum absolute atomic E-state index is 2.31. The minimum atomic E-state index is 0.903. The molecule has 0 bridgehead atoms. The summed E-state index contributed by atoms with van der Waals surface area (Å²) in [5, 5.41) is 0. The lowest BCUT2D eigenvalue weighted by Gasteiger charge is -2.24. The smallest absolute Gasteiger partial charge is 0.0137 e. The van der Waals surface area contributed by atoms with E-state index in [0.29, 0.717) is 0 Å². The third kappa shape index (κ3) is 1.05. The summed E-state index contributed by atoms with van der Waals surface area (Å²) in [4.78, 5) is 0. The molecule has 1 unspecified atom stereocenters. The largest absolute Gasteiger partial charge is 0.0696 e. The summed E-state index contributed by atoms with van der Waals surface area (Å²) in [6.07, 6.45) is 8.91. The van der Waals surface area contributed by atoms with Crippen LogP contribution in [0.15, 0.2) is 23.3 Å². The molecule has 2 rings (SSSR count). The highest BCUT2D eigenvalue weighted by atomic mass is 14.3. The van der Waals surface area contributed by atoms with Crippen LogP contribution in [0.2, 0.25) is 0 Å². The molecule has 0 aromatic carbocycles. The summed E-state index contributed by atoms with van der Waals surface area (Å²) in [7, 11) is 0. The fourth-order valence-electron chi connectivity index (χ4n) is 2.56. The normalized spacial score (nSPS) is 36.2. The Bertz CT molecular complexity index is 196. The van der Waals surface area contributed by atoms with Gasteiger partial charge in [0.1, 0.15) is 0 Å². The molecule has 0 aliphatic heterocycles. The van der Waals surface area contributed by atoms with Gasteiger partial charge in [0.2, 0.25) is 0 Å². The fourth-order valence-corrected chi connectivity index (χ4v) is 2.56. The van der Waals surface area contributed by atoms with Crippen LogP contribution in [0.1, 0.15) is 33.1 Å². The molecule has 0 N–H and O–H groups in total. The summed E-state index contributed by atoms with van der Waals surface area (Å²) in [6, 6.07) is 0. The minimum absolute atomic E-state index is 0.903. The topological polar surface area (TPSA) is 0 Å². The van der Waals surface area contributed by atoms with Crippen LogP contribution in [0.5, 0.6) is 0 Å². The van der Waals surface area contributed by atoms with E-state index < -0.39 is 0 Å². The van der Waals surface area contributed by atoms with Crippen molar-refractivity contribution >= 4 is 0 Å². The van der Waals surface area contributed by atoms with Crippen LogP contribution in [0.4, 0.5) is 0 Å². The highest BCUT2D eigenvalue weighted by Crippen LogP contribution is 2.42. The van der Waals surface area contributed by atoms with Crippen molar-refractivity contribution in [2.45, 2.75) is 33.1 Å². The van der Waals surface area contributed by atoms with Crippen molar-refractivity contribution in [1.29, 1.82) is 0 Å². The highest BCUT2D eigenvalue weighted by molar-refractivity contribution is 5.28. The van der Waals surface area contributed by atoms with Gasteiger partial charge in [-0.2, -0.15) is 0 Å². The van der Waals surface area contributed by atoms with E-state index in [-0.39, 0.29) is 0 Å². The van der Waals surface area contributed by atoms with E-state index in [1.807, 2.05) is 0 Å². The molecule has 2 aliphatic rings. The van der Waals surface area contributed by atoms with Crippen LogP contribution in [-0.2, 0) is 0 Å². The minimum Gasteiger partial charge on any atom is -0.0696 e. The monoisotopic (exact) mass is 148 g/mol. The van der Waals surface area contributed by atoms with Crippen molar-refractivity contribution in [2.24, 2.45) is 11.8 Å². The van der Waals surface area contributed by atoms with Crippen LogP contribution in [-0.4, -0.2) is 0 Å². The molecule has 0 nitrogen and oxygen atoms in total. The van der Waals surface area contributed by atoms with Gasteiger partial charge in [0.25, 0.3) is 0 Å².